The van der Waals surface area contributed by atoms with Crippen LogP contribution in [0.2, 0.25) is 5.02 Å². The third-order valence-corrected chi connectivity index (χ3v) is 5.58. The zero-order valence-corrected chi connectivity index (χ0v) is 17.3. The number of aryl methyl sites for hydroxylation is 1. The molecule has 1 saturated heterocycles. The van der Waals surface area contributed by atoms with Gasteiger partial charge in [-0.05, 0) is 12.5 Å². The minimum atomic E-state index is -0.573. The Morgan fingerprint density at radius 2 is 2.13 bits per heavy atom. The number of nitrogens with one attached hydrogen (secondary N) is 1. The zero-order chi connectivity index (χ0) is 21.6. The molecular formula is C20H23ClN6O3. The van der Waals surface area contributed by atoms with Gasteiger partial charge >= 0.3 is 0 Å². The maximum Gasteiger partial charge on any atom is 0.263 e. The first kappa shape index (κ1) is 20.4. The number of hydrogen-bond donors (Lipinski definition) is 4. The van der Waals surface area contributed by atoms with Crippen molar-refractivity contribution in [2.75, 3.05) is 29.0 Å². The molecule has 1 aliphatic heterocycles. The summed E-state index contributed by atoms with van der Waals surface area (Å²) >= 11 is 5.94. The molecule has 0 spiro atoms. The van der Waals surface area contributed by atoms with E-state index in [9.17, 15) is 9.90 Å². The fraction of sp³-hybridized carbons (Fsp3) is 0.350. The van der Waals surface area contributed by atoms with Crippen LogP contribution in [0.15, 0.2) is 29.1 Å². The average Bonchev–Trinajstić information content (AvgIpc) is 3.00. The number of nitrogens with zero attached hydrogens (tertiary/aromatic N) is 3. The van der Waals surface area contributed by atoms with Gasteiger partial charge in [0.2, 0.25) is 5.88 Å². The Bertz CT molecular complexity index is 1110. The zero-order valence-electron chi connectivity index (χ0n) is 16.6. The van der Waals surface area contributed by atoms with Crippen molar-refractivity contribution in [1.29, 1.82) is 0 Å². The molecule has 6 N–H and O–H groups in total. The number of amides is 1. The van der Waals surface area contributed by atoms with Crippen LogP contribution >= 0.6 is 11.6 Å². The molecule has 0 aliphatic carbocycles. The minimum absolute atomic E-state index is 0.0210. The monoisotopic (exact) mass is 430 g/mol. The summed E-state index contributed by atoms with van der Waals surface area (Å²) in [7, 11) is 0. The Kier molecular flexibility index (Phi) is 5.27. The molecule has 158 valence electrons. The molecule has 4 heterocycles. The Balaban J connectivity index is 1.69. The van der Waals surface area contributed by atoms with E-state index < -0.39 is 18.1 Å². The second-order valence-corrected chi connectivity index (χ2v) is 8.12. The summed E-state index contributed by atoms with van der Waals surface area (Å²) in [4.78, 5) is 23.5. The van der Waals surface area contributed by atoms with Gasteiger partial charge in [0.15, 0.2) is 5.58 Å². The number of carbonyl (C=O) groups excluding carboxylic acids is 1. The molecule has 3 aromatic heterocycles. The normalized spacial score (nSPS) is 21.8. The summed E-state index contributed by atoms with van der Waals surface area (Å²) in [6, 6.07) is 1.16. The second-order valence-electron chi connectivity index (χ2n) is 7.68. The van der Waals surface area contributed by atoms with Crippen LogP contribution in [0.5, 0.6) is 0 Å². The summed E-state index contributed by atoms with van der Waals surface area (Å²) in [6.45, 7) is 4.90. The number of aliphatic hydroxyl groups is 1. The lowest BCUT2D eigenvalue weighted by Gasteiger charge is -2.41. The lowest BCUT2D eigenvalue weighted by Crippen LogP contribution is -2.55. The lowest BCUT2D eigenvalue weighted by molar-refractivity contribution is 0.0785. The number of halogens is 1. The van der Waals surface area contributed by atoms with E-state index in [0.29, 0.717) is 34.9 Å². The number of fused-ring (bicyclic) bond motifs is 1. The van der Waals surface area contributed by atoms with Crippen LogP contribution in [0, 0.1) is 12.8 Å². The number of nitrogen functional groups attached to an aromatic ring is 1. The van der Waals surface area contributed by atoms with Crippen molar-refractivity contribution in [1.82, 2.24) is 9.97 Å². The number of aliphatic hydroxyl groups excluding tert-OH is 1. The topological polar surface area (TPSA) is 144 Å². The van der Waals surface area contributed by atoms with E-state index in [1.807, 2.05) is 13.8 Å². The molecule has 4 rings (SSSR count). The first-order valence-electron chi connectivity index (χ1n) is 9.54. The van der Waals surface area contributed by atoms with E-state index in [-0.39, 0.29) is 17.4 Å². The molecule has 0 radical (unpaired) electrons. The van der Waals surface area contributed by atoms with Crippen LogP contribution < -0.4 is 21.7 Å². The van der Waals surface area contributed by atoms with E-state index in [4.69, 9.17) is 27.5 Å². The van der Waals surface area contributed by atoms with E-state index in [2.05, 4.69) is 20.2 Å². The van der Waals surface area contributed by atoms with Crippen molar-refractivity contribution in [3.63, 3.8) is 0 Å². The van der Waals surface area contributed by atoms with Gasteiger partial charge in [-0.15, -0.1) is 0 Å². The fourth-order valence-electron chi connectivity index (χ4n) is 3.94. The van der Waals surface area contributed by atoms with Gasteiger partial charge in [0.05, 0.1) is 28.7 Å². The number of pyridine rings is 2. The maximum atomic E-state index is 13.1. The van der Waals surface area contributed by atoms with Gasteiger partial charge in [-0.1, -0.05) is 18.5 Å². The smallest absolute Gasteiger partial charge is 0.263 e. The summed E-state index contributed by atoms with van der Waals surface area (Å²) in [5.41, 5.74) is 15.0. The Morgan fingerprint density at radius 3 is 2.87 bits per heavy atom. The Labute approximate surface area is 178 Å². The van der Waals surface area contributed by atoms with Gasteiger partial charge in [0.25, 0.3) is 5.91 Å². The number of aromatic nitrogens is 2. The first-order chi connectivity index (χ1) is 14.3. The van der Waals surface area contributed by atoms with Gasteiger partial charge in [-0.25, -0.2) is 0 Å². The molecule has 9 nitrogen and oxygen atoms in total. The van der Waals surface area contributed by atoms with Crippen LogP contribution in [0.1, 0.15) is 22.8 Å². The summed E-state index contributed by atoms with van der Waals surface area (Å²) in [5, 5.41) is 13.5. The fourth-order valence-corrected chi connectivity index (χ4v) is 4.09. The highest BCUT2D eigenvalue weighted by Crippen LogP contribution is 2.34. The predicted octanol–water partition coefficient (Wildman–Crippen LogP) is 2.16. The van der Waals surface area contributed by atoms with Crippen LogP contribution in [0.3, 0.4) is 0 Å². The molecule has 1 amide bonds. The molecule has 1 aliphatic rings. The number of rotatable bonds is 3. The van der Waals surface area contributed by atoms with E-state index in [1.165, 1.54) is 6.20 Å². The summed E-state index contributed by atoms with van der Waals surface area (Å²) in [5.74, 6) is -0.535. The number of anilines is 3. The van der Waals surface area contributed by atoms with Crippen molar-refractivity contribution >= 4 is 45.9 Å². The molecule has 0 bridgehead atoms. The van der Waals surface area contributed by atoms with Crippen molar-refractivity contribution in [2.24, 2.45) is 11.7 Å². The number of hydrogen-bond acceptors (Lipinski definition) is 8. The van der Waals surface area contributed by atoms with E-state index in [0.717, 1.165) is 11.3 Å². The molecule has 30 heavy (non-hydrogen) atoms. The van der Waals surface area contributed by atoms with Gasteiger partial charge < -0.3 is 31.2 Å². The molecular weight excluding hydrogens is 408 g/mol. The third-order valence-electron chi connectivity index (χ3n) is 5.38. The van der Waals surface area contributed by atoms with Gasteiger partial charge in [0.1, 0.15) is 11.1 Å². The summed E-state index contributed by atoms with van der Waals surface area (Å²) < 4.78 is 5.45. The van der Waals surface area contributed by atoms with Gasteiger partial charge in [-0.2, -0.15) is 0 Å². The Morgan fingerprint density at radius 1 is 1.37 bits per heavy atom. The van der Waals surface area contributed by atoms with E-state index in [1.54, 1.807) is 18.5 Å². The molecule has 3 atom stereocenters. The van der Waals surface area contributed by atoms with Crippen LogP contribution in [-0.4, -0.2) is 46.2 Å². The molecule has 1 fully saturated rings. The number of nitrogens with two attached hydrogens (primary N) is 2. The average molecular weight is 431 g/mol. The van der Waals surface area contributed by atoms with Gasteiger partial charge in [-0.3, -0.25) is 14.8 Å². The number of piperidine rings is 1. The Hall–Kier alpha value is -2.88. The molecule has 0 saturated carbocycles. The molecule has 0 aromatic carbocycles. The minimum Gasteiger partial charge on any atom is -0.438 e. The first-order valence-corrected chi connectivity index (χ1v) is 9.92. The standard InChI is InChI=1S/C20H23ClN6O3/c1-9-4-24-6-13(17(9)27-7-10(2)18(28)12(22)8-27)26-20(29)15-16-14(30-19(15)23)3-11(21)5-25-16/h3-6,10,12,18,28H,7-8,22-23H2,1-2H3,(H,26,29). The third kappa shape index (κ3) is 3.55. The second kappa shape index (κ2) is 7.75. The lowest BCUT2D eigenvalue weighted by atomic mass is 9.92. The molecule has 3 unspecified atom stereocenters. The molecule has 10 heteroatoms. The van der Waals surface area contributed by atoms with Crippen molar-refractivity contribution in [2.45, 2.75) is 26.0 Å². The molecule has 3 aromatic rings. The maximum absolute atomic E-state index is 13.1. The predicted molar refractivity (Wildman–Crippen MR) is 116 cm³/mol. The van der Waals surface area contributed by atoms with Crippen LogP contribution in [0.4, 0.5) is 17.3 Å². The van der Waals surface area contributed by atoms with Gasteiger partial charge in [0, 0.05) is 43.5 Å². The highest BCUT2D eigenvalue weighted by Gasteiger charge is 2.33. The quantitative estimate of drug-likeness (QED) is 0.494. The number of furan rings is 1. The van der Waals surface area contributed by atoms with Crippen molar-refractivity contribution < 1.29 is 14.3 Å². The van der Waals surface area contributed by atoms with Crippen LogP contribution in [-0.2, 0) is 0 Å². The van der Waals surface area contributed by atoms with Crippen molar-refractivity contribution in [3.8, 4) is 0 Å². The largest absolute Gasteiger partial charge is 0.438 e. The van der Waals surface area contributed by atoms with E-state index >= 15 is 0 Å². The SMILES string of the molecule is Cc1cncc(NC(=O)c2c(N)oc3cc(Cl)cnc23)c1N1CC(C)C(O)C(N)C1. The highest BCUT2D eigenvalue weighted by atomic mass is 35.5. The highest BCUT2D eigenvalue weighted by molar-refractivity contribution is 6.31. The summed E-state index contributed by atoms with van der Waals surface area (Å²) in [6.07, 6.45) is 4.15. The van der Waals surface area contributed by atoms with Crippen LogP contribution in [0.25, 0.3) is 11.1 Å². The number of carbonyl (C=O) groups is 1. The van der Waals surface area contributed by atoms with Crippen molar-refractivity contribution in [3.05, 3.63) is 40.8 Å².